The summed E-state index contributed by atoms with van der Waals surface area (Å²) in [5, 5.41) is 0. The topological polar surface area (TPSA) is 73.5 Å². The lowest BCUT2D eigenvalue weighted by Gasteiger charge is -2.23. The number of rotatable bonds is 2. The first-order valence-electron chi connectivity index (χ1n) is 5.74. The molecule has 1 aliphatic rings. The van der Waals surface area contributed by atoms with Crippen molar-refractivity contribution in [1.29, 1.82) is 0 Å². The summed E-state index contributed by atoms with van der Waals surface area (Å²) >= 11 is 0. The van der Waals surface area contributed by atoms with Crippen LogP contribution in [-0.4, -0.2) is 42.9 Å². The minimum Gasteiger partial charge on any atom is -0.481 e. The molecule has 0 saturated carbocycles. The highest BCUT2D eigenvalue weighted by molar-refractivity contribution is 5.45. The van der Waals surface area contributed by atoms with Crippen molar-refractivity contribution >= 4 is 11.8 Å². The van der Waals surface area contributed by atoms with Gasteiger partial charge in [-0.25, -0.2) is 0 Å². The molecule has 1 saturated heterocycles. The Kier molecular flexibility index (Phi) is 3.63. The van der Waals surface area contributed by atoms with E-state index in [1.54, 1.807) is 13.2 Å². The van der Waals surface area contributed by atoms with Crippen LogP contribution in [0.4, 0.5) is 11.8 Å². The van der Waals surface area contributed by atoms with Crippen molar-refractivity contribution in [3.8, 4) is 5.88 Å². The van der Waals surface area contributed by atoms with Crippen LogP contribution in [0.15, 0.2) is 6.07 Å². The van der Waals surface area contributed by atoms with Crippen molar-refractivity contribution < 1.29 is 9.47 Å². The molecule has 6 nitrogen and oxygen atoms in total. The average Bonchev–Trinajstić information content (AvgIpc) is 2.53. The summed E-state index contributed by atoms with van der Waals surface area (Å²) in [4.78, 5) is 10.4. The van der Waals surface area contributed by atoms with Crippen molar-refractivity contribution in [1.82, 2.24) is 9.97 Å². The van der Waals surface area contributed by atoms with Crippen LogP contribution in [0, 0.1) is 0 Å². The van der Waals surface area contributed by atoms with Crippen LogP contribution in [0.2, 0.25) is 0 Å². The monoisotopic (exact) mass is 238 g/mol. The minimum absolute atomic E-state index is 0.194. The third-order valence-electron chi connectivity index (χ3n) is 2.69. The lowest BCUT2D eigenvalue weighted by molar-refractivity contribution is 0.0820. The van der Waals surface area contributed by atoms with E-state index in [0.29, 0.717) is 5.88 Å². The van der Waals surface area contributed by atoms with Crippen LogP contribution in [0.1, 0.15) is 13.3 Å². The SMILES string of the molecule is COc1cc(N2CCCOC(C)C2)nc(N)n1. The summed E-state index contributed by atoms with van der Waals surface area (Å²) in [6.07, 6.45) is 1.18. The number of ether oxygens (including phenoxy) is 2. The maximum atomic E-state index is 5.66. The van der Waals surface area contributed by atoms with Crippen LogP contribution in [0.5, 0.6) is 5.88 Å². The summed E-state index contributed by atoms with van der Waals surface area (Å²) in [7, 11) is 1.57. The number of anilines is 2. The lowest BCUT2D eigenvalue weighted by Crippen LogP contribution is -2.31. The van der Waals surface area contributed by atoms with E-state index in [1.165, 1.54) is 0 Å². The zero-order valence-electron chi connectivity index (χ0n) is 10.2. The van der Waals surface area contributed by atoms with Crippen LogP contribution < -0.4 is 15.4 Å². The zero-order valence-corrected chi connectivity index (χ0v) is 10.2. The van der Waals surface area contributed by atoms with Gasteiger partial charge in [-0.15, -0.1) is 0 Å². The Morgan fingerprint density at radius 1 is 1.53 bits per heavy atom. The molecule has 1 aliphatic heterocycles. The molecule has 2 heterocycles. The first-order valence-corrected chi connectivity index (χ1v) is 5.74. The second kappa shape index (κ2) is 5.18. The van der Waals surface area contributed by atoms with Gasteiger partial charge in [0.25, 0.3) is 0 Å². The Labute approximate surface area is 101 Å². The minimum atomic E-state index is 0.194. The van der Waals surface area contributed by atoms with Gasteiger partial charge in [-0.05, 0) is 13.3 Å². The predicted molar refractivity (Wildman–Crippen MR) is 65.2 cm³/mol. The average molecular weight is 238 g/mol. The van der Waals surface area contributed by atoms with Gasteiger partial charge in [0, 0.05) is 25.8 Å². The number of hydrogen-bond donors (Lipinski definition) is 1. The van der Waals surface area contributed by atoms with Gasteiger partial charge in [0.05, 0.1) is 13.2 Å². The Morgan fingerprint density at radius 2 is 2.35 bits per heavy atom. The van der Waals surface area contributed by atoms with Crippen molar-refractivity contribution in [2.45, 2.75) is 19.4 Å². The molecule has 94 valence electrons. The van der Waals surface area contributed by atoms with Gasteiger partial charge >= 0.3 is 0 Å². The maximum Gasteiger partial charge on any atom is 0.225 e. The van der Waals surface area contributed by atoms with Crippen molar-refractivity contribution in [2.75, 3.05) is 37.4 Å². The predicted octanol–water partition coefficient (Wildman–Crippen LogP) is 0.683. The highest BCUT2D eigenvalue weighted by Crippen LogP contribution is 2.20. The first kappa shape index (κ1) is 11.9. The van der Waals surface area contributed by atoms with E-state index < -0.39 is 0 Å². The number of nitrogen functional groups attached to an aromatic ring is 1. The second-order valence-corrected chi connectivity index (χ2v) is 4.11. The normalized spacial score (nSPS) is 21.1. The molecule has 1 unspecified atom stereocenters. The molecule has 1 aromatic heterocycles. The largest absolute Gasteiger partial charge is 0.481 e. The Bertz CT molecular complexity index is 386. The third-order valence-corrected chi connectivity index (χ3v) is 2.69. The Morgan fingerprint density at radius 3 is 3.12 bits per heavy atom. The molecule has 0 aromatic carbocycles. The summed E-state index contributed by atoms with van der Waals surface area (Å²) < 4.78 is 10.7. The molecule has 1 aromatic rings. The van der Waals surface area contributed by atoms with E-state index >= 15 is 0 Å². The van der Waals surface area contributed by atoms with Crippen molar-refractivity contribution in [3.05, 3.63) is 6.07 Å². The molecule has 1 atom stereocenters. The molecule has 17 heavy (non-hydrogen) atoms. The van der Waals surface area contributed by atoms with Gasteiger partial charge in [0.1, 0.15) is 5.82 Å². The van der Waals surface area contributed by atoms with Gasteiger partial charge in [-0.2, -0.15) is 9.97 Å². The van der Waals surface area contributed by atoms with Gasteiger partial charge < -0.3 is 20.1 Å². The summed E-state index contributed by atoms with van der Waals surface area (Å²) in [6.45, 7) is 4.55. The summed E-state index contributed by atoms with van der Waals surface area (Å²) in [5.41, 5.74) is 5.66. The van der Waals surface area contributed by atoms with E-state index in [-0.39, 0.29) is 12.1 Å². The molecule has 6 heteroatoms. The van der Waals surface area contributed by atoms with Gasteiger partial charge in [0.2, 0.25) is 11.8 Å². The standard InChI is InChI=1S/C11H18N4O2/c1-8-7-15(4-3-5-17-8)9-6-10(16-2)14-11(12)13-9/h6,8H,3-5,7H2,1-2H3,(H2,12,13,14). The lowest BCUT2D eigenvalue weighted by atomic mass is 10.3. The van der Waals surface area contributed by atoms with E-state index in [0.717, 1.165) is 31.9 Å². The third kappa shape index (κ3) is 2.97. The highest BCUT2D eigenvalue weighted by atomic mass is 16.5. The van der Waals surface area contributed by atoms with E-state index in [2.05, 4.69) is 21.8 Å². The fourth-order valence-electron chi connectivity index (χ4n) is 1.90. The molecule has 2 N–H and O–H groups in total. The van der Waals surface area contributed by atoms with Crippen LogP contribution in [-0.2, 0) is 4.74 Å². The van der Waals surface area contributed by atoms with Crippen molar-refractivity contribution in [3.63, 3.8) is 0 Å². The molecule has 0 aliphatic carbocycles. The van der Waals surface area contributed by atoms with E-state index in [1.807, 2.05) is 0 Å². The van der Waals surface area contributed by atoms with Crippen LogP contribution >= 0.6 is 0 Å². The van der Waals surface area contributed by atoms with Gasteiger partial charge in [-0.1, -0.05) is 0 Å². The second-order valence-electron chi connectivity index (χ2n) is 4.11. The van der Waals surface area contributed by atoms with Gasteiger partial charge in [-0.3, -0.25) is 0 Å². The molecule has 0 amide bonds. The summed E-state index contributed by atoms with van der Waals surface area (Å²) in [5.74, 6) is 1.52. The number of methoxy groups -OCH3 is 1. The number of nitrogens with two attached hydrogens (primary N) is 1. The molecular weight excluding hydrogens is 220 g/mol. The summed E-state index contributed by atoms with van der Waals surface area (Å²) in [6, 6.07) is 1.80. The van der Waals surface area contributed by atoms with E-state index in [9.17, 15) is 0 Å². The first-order chi connectivity index (χ1) is 8.19. The van der Waals surface area contributed by atoms with Crippen LogP contribution in [0.3, 0.4) is 0 Å². The quantitative estimate of drug-likeness (QED) is 0.817. The molecule has 2 rings (SSSR count). The van der Waals surface area contributed by atoms with Crippen molar-refractivity contribution in [2.24, 2.45) is 0 Å². The number of nitrogens with zero attached hydrogens (tertiary/aromatic N) is 3. The molecule has 0 bridgehead atoms. The maximum absolute atomic E-state index is 5.66. The molecular formula is C11H18N4O2. The molecule has 0 spiro atoms. The zero-order chi connectivity index (χ0) is 12.3. The van der Waals surface area contributed by atoms with Gasteiger partial charge in [0.15, 0.2) is 0 Å². The highest BCUT2D eigenvalue weighted by Gasteiger charge is 2.17. The van der Waals surface area contributed by atoms with Crippen LogP contribution in [0.25, 0.3) is 0 Å². The Hall–Kier alpha value is -1.56. The number of hydrogen-bond acceptors (Lipinski definition) is 6. The molecule has 1 fully saturated rings. The smallest absolute Gasteiger partial charge is 0.225 e. The number of aromatic nitrogens is 2. The fourth-order valence-corrected chi connectivity index (χ4v) is 1.90. The Balaban J connectivity index is 2.22. The van der Waals surface area contributed by atoms with E-state index in [4.69, 9.17) is 15.2 Å². The fraction of sp³-hybridized carbons (Fsp3) is 0.636. The molecule has 0 radical (unpaired) electrons.